The van der Waals surface area contributed by atoms with Gasteiger partial charge in [0.25, 0.3) is 0 Å². The van der Waals surface area contributed by atoms with Crippen molar-refractivity contribution < 1.29 is 25.2 Å². The van der Waals surface area contributed by atoms with Crippen molar-refractivity contribution in [3.8, 4) is 0 Å². The molecule has 1 heterocycles. The summed E-state index contributed by atoms with van der Waals surface area (Å²) >= 11 is 0. The van der Waals surface area contributed by atoms with Gasteiger partial charge in [0.1, 0.15) is 12.2 Å². The molecule has 0 radical (unpaired) electrons. The molecule has 1 aliphatic rings. The lowest BCUT2D eigenvalue weighted by atomic mass is 9.95. The van der Waals surface area contributed by atoms with E-state index in [-0.39, 0.29) is 6.61 Å². The second-order valence-corrected chi connectivity index (χ2v) is 2.90. The van der Waals surface area contributed by atoms with E-state index in [2.05, 4.69) is 4.74 Å². The van der Waals surface area contributed by atoms with Gasteiger partial charge in [-0.3, -0.25) is 0 Å². The number of ether oxygens (including phenoxy) is 1. The van der Waals surface area contributed by atoms with E-state index in [4.69, 9.17) is 15.9 Å². The minimum atomic E-state index is -1.95. The number of hydrogen-bond acceptors (Lipinski definition) is 6. The van der Waals surface area contributed by atoms with Gasteiger partial charge >= 0.3 is 0 Å². The number of aliphatic hydroxyl groups is 4. The van der Waals surface area contributed by atoms with Crippen LogP contribution in [-0.4, -0.2) is 57.7 Å². The van der Waals surface area contributed by atoms with Gasteiger partial charge < -0.3 is 30.9 Å². The van der Waals surface area contributed by atoms with Gasteiger partial charge in [0.15, 0.2) is 0 Å². The summed E-state index contributed by atoms with van der Waals surface area (Å²) in [4.78, 5) is 0. The van der Waals surface area contributed by atoms with Crippen molar-refractivity contribution in [3.63, 3.8) is 0 Å². The molecule has 1 saturated heterocycles. The van der Waals surface area contributed by atoms with E-state index < -0.39 is 30.6 Å². The van der Waals surface area contributed by atoms with Crippen molar-refractivity contribution in [1.82, 2.24) is 0 Å². The van der Waals surface area contributed by atoms with E-state index in [0.29, 0.717) is 0 Å². The Balaban J connectivity index is 2.71. The average molecular weight is 179 g/mol. The lowest BCUT2D eigenvalue weighted by Gasteiger charge is -2.41. The topological polar surface area (TPSA) is 116 Å². The smallest absolute Gasteiger partial charge is 0.207 e. The van der Waals surface area contributed by atoms with E-state index in [9.17, 15) is 10.2 Å². The highest BCUT2D eigenvalue weighted by Gasteiger charge is 2.46. The molecular weight excluding hydrogens is 166 g/mol. The number of nitrogens with two attached hydrogens (primary N) is 1. The van der Waals surface area contributed by atoms with E-state index in [0.717, 1.165) is 0 Å². The molecule has 4 atom stereocenters. The third kappa shape index (κ3) is 1.45. The Morgan fingerprint density at radius 1 is 1.50 bits per heavy atom. The van der Waals surface area contributed by atoms with Crippen LogP contribution in [0.25, 0.3) is 0 Å². The standard InChI is InChI=1S/C6H13NO5/c7-5-4(10)3(9)1-12-6(5,11)2-8/h3-5,8-11H,1-2,7H2/t3-,4+,5+,6+/m1/s1. The Bertz CT molecular complexity index is 166. The van der Waals surface area contributed by atoms with Crippen molar-refractivity contribution in [2.75, 3.05) is 13.2 Å². The van der Waals surface area contributed by atoms with Crippen molar-refractivity contribution in [2.45, 2.75) is 24.0 Å². The van der Waals surface area contributed by atoms with Crippen LogP contribution in [0.1, 0.15) is 0 Å². The van der Waals surface area contributed by atoms with Crippen LogP contribution in [0.4, 0.5) is 0 Å². The van der Waals surface area contributed by atoms with Crippen LogP contribution in [-0.2, 0) is 4.74 Å². The van der Waals surface area contributed by atoms with Gasteiger partial charge in [-0.15, -0.1) is 0 Å². The minimum Gasteiger partial charge on any atom is -0.391 e. The first-order chi connectivity index (χ1) is 5.51. The SMILES string of the molecule is N[C@H]1[C@@H](O)[C@H](O)CO[C@@]1(O)CO. The Labute approximate surface area is 69.2 Å². The van der Waals surface area contributed by atoms with Gasteiger partial charge in [0, 0.05) is 0 Å². The molecule has 12 heavy (non-hydrogen) atoms. The Hall–Kier alpha value is -0.240. The first-order valence-electron chi connectivity index (χ1n) is 3.60. The fourth-order valence-corrected chi connectivity index (χ4v) is 1.08. The van der Waals surface area contributed by atoms with Gasteiger partial charge in [-0.1, -0.05) is 0 Å². The van der Waals surface area contributed by atoms with Crippen molar-refractivity contribution >= 4 is 0 Å². The largest absolute Gasteiger partial charge is 0.391 e. The van der Waals surface area contributed by atoms with Crippen LogP contribution in [0.3, 0.4) is 0 Å². The highest BCUT2D eigenvalue weighted by Crippen LogP contribution is 2.21. The van der Waals surface area contributed by atoms with Crippen molar-refractivity contribution in [1.29, 1.82) is 0 Å². The van der Waals surface area contributed by atoms with Crippen LogP contribution >= 0.6 is 0 Å². The molecule has 6 N–H and O–H groups in total. The van der Waals surface area contributed by atoms with Crippen LogP contribution in [0.2, 0.25) is 0 Å². The predicted molar refractivity (Wildman–Crippen MR) is 38.0 cm³/mol. The molecule has 6 heteroatoms. The maximum absolute atomic E-state index is 9.37. The summed E-state index contributed by atoms with van der Waals surface area (Å²) in [6.45, 7) is -0.954. The highest BCUT2D eigenvalue weighted by molar-refractivity contribution is 4.94. The molecule has 0 aromatic carbocycles. The Morgan fingerprint density at radius 3 is 2.58 bits per heavy atom. The minimum absolute atomic E-state index is 0.244. The maximum Gasteiger partial charge on any atom is 0.207 e. The quantitative estimate of drug-likeness (QED) is 0.288. The fourth-order valence-electron chi connectivity index (χ4n) is 1.08. The third-order valence-electron chi connectivity index (χ3n) is 2.01. The zero-order valence-electron chi connectivity index (χ0n) is 6.42. The summed E-state index contributed by atoms with van der Waals surface area (Å²) in [5.41, 5.74) is 5.31. The van der Waals surface area contributed by atoms with Crippen LogP contribution in [0, 0.1) is 0 Å². The predicted octanol–water partition coefficient (Wildman–Crippen LogP) is -3.25. The van der Waals surface area contributed by atoms with E-state index in [1.165, 1.54) is 0 Å². The van der Waals surface area contributed by atoms with Crippen LogP contribution in [0.5, 0.6) is 0 Å². The molecule has 6 nitrogen and oxygen atoms in total. The van der Waals surface area contributed by atoms with Crippen molar-refractivity contribution in [3.05, 3.63) is 0 Å². The number of aliphatic hydroxyl groups excluding tert-OH is 3. The lowest BCUT2D eigenvalue weighted by Crippen LogP contribution is -2.66. The highest BCUT2D eigenvalue weighted by atomic mass is 16.6. The second kappa shape index (κ2) is 3.25. The van der Waals surface area contributed by atoms with Gasteiger partial charge in [0.05, 0.1) is 19.3 Å². The summed E-state index contributed by atoms with van der Waals surface area (Å²) in [6, 6.07) is -1.20. The van der Waals surface area contributed by atoms with E-state index in [1.54, 1.807) is 0 Å². The van der Waals surface area contributed by atoms with Gasteiger partial charge in [-0.25, -0.2) is 0 Å². The first-order valence-corrected chi connectivity index (χ1v) is 3.60. The molecule has 1 fully saturated rings. The van der Waals surface area contributed by atoms with Gasteiger partial charge in [-0.2, -0.15) is 0 Å². The summed E-state index contributed by atoms with van der Waals surface area (Å²) in [5.74, 6) is -1.95. The average Bonchev–Trinajstić information content (AvgIpc) is 2.09. The van der Waals surface area contributed by atoms with E-state index in [1.807, 2.05) is 0 Å². The third-order valence-corrected chi connectivity index (χ3v) is 2.01. The lowest BCUT2D eigenvalue weighted by molar-refractivity contribution is -0.292. The molecule has 0 unspecified atom stereocenters. The van der Waals surface area contributed by atoms with Crippen molar-refractivity contribution in [2.24, 2.45) is 5.73 Å². The Morgan fingerprint density at radius 2 is 2.08 bits per heavy atom. The van der Waals surface area contributed by atoms with Crippen LogP contribution in [0.15, 0.2) is 0 Å². The summed E-state index contributed by atoms with van der Waals surface area (Å²) in [5, 5.41) is 36.3. The Kier molecular flexibility index (Phi) is 2.67. The zero-order chi connectivity index (χ0) is 9.35. The molecule has 0 aliphatic carbocycles. The normalized spacial score (nSPS) is 49.2. The molecule has 0 saturated carbocycles. The molecule has 0 spiro atoms. The van der Waals surface area contributed by atoms with Gasteiger partial charge in [0.2, 0.25) is 5.79 Å². The molecule has 0 amide bonds. The number of hydrogen-bond donors (Lipinski definition) is 5. The fraction of sp³-hybridized carbons (Fsp3) is 1.00. The second-order valence-electron chi connectivity index (χ2n) is 2.90. The van der Waals surface area contributed by atoms with E-state index >= 15 is 0 Å². The molecule has 1 rings (SSSR count). The molecule has 0 aromatic rings. The summed E-state index contributed by atoms with van der Waals surface area (Å²) in [6.07, 6.45) is -2.40. The summed E-state index contributed by atoms with van der Waals surface area (Å²) < 4.78 is 4.68. The molecule has 0 bridgehead atoms. The molecule has 0 aromatic heterocycles. The zero-order valence-corrected chi connectivity index (χ0v) is 6.42. The number of rotatable bonds is 1. The summed E-state index contributed by atoms with van der Waals surface area (Å²) in [7, 11) is 0. The van der Waals surface area contributed by atoms with Gasteiger partial charge in [-0.05, 0) is 0 Å². The maximum atomic E-state index is 9.37. The monoisotopic (exact) mass is 179 g/mol. The first kappa shape index (κ1) is 9.85. The molecular formula is C6H13NO5. The molecule has 1 aliphatic heterocycles. The molecule has 72 valence electrons. The van der Waals surface area contributed by atoms with Crippen LogP contribution < -0.4 is 5.73 Å².